The van der Waals surface area contributed by atoms with Gasteiger partial charge in [0.25, 0.3) is 5.69 Å². The van der Waals surface area contributed by atoms with Crippen LogP contribution >= 0.6 is 15.9 Å². The summed E-state index contributed by atoms with van der Waals surface area (Å²) in [5.41, 5.74) is 1.19. The van der Waals surface area contributed by atoms with Crippen molar-refractivity contribution in [2.75, 3.05) is 12.4 Å². The molecule has 0 atom stereocenters. The van der Waals surface area contributed by atoms with Crippen LogP contribution in [0.5, 0.6) is 5.75 Å². The summed E-state index contributed by atoms with van der Waals surface area (Å²) in [7, 11) is 1.52. The molecule has 0 radical (unpaired) electrons. The Hall–Kier alpha value is -1.36. The van der Waals surface area contributed by atoms with Gasteiger partial charge in [-0.15, -0.1) is 0 Å². The van der Waals surface area contributed by atoms with Crippen molar-refractivity contribution in [2.24, 2.45) is 0 Å². The van der Waals surface area contributed by atoms with E-state index in [1.807, 2.05) is 0 Å². The van der Waals surface area contributed by atoms with E-state index in [1.54, 1.807) is 12.1 Å². The minimum Gasteiger partial charge on any atom is -0.497 e. The smallest absolute Gasteiger partial charge is 0.277 e. The number of ether oxygens (including phenoxy) is 1. The minimum atomic E-state index is -0.428. The van der Waals surface area contributed by atoms with Gasteiger partial charge in [0.2, 0.25) is 0 Å². The van der Waals surface area contributed by atoms with E-state index in [4.69, 9.17) is 4.74 Å². The summed E-state index contributed by atoms with van der Waals surface area (Å²) < 4.78 is 5.01. The Morgan fingerprint density at radius 1 is 1.67 bits per heavy atom. The molecule has 0 aliphatic carbocycles. The topological polar surface area (TPSA) is 52.4 Å². The van der Waals surface area contributed by atoms with E-state index in [2.05, 4.69) is 22.5 Å². The standard InChI is InChI=1S/C10H10BrNO3/c1-7(6-11)9-5-8(15-2)3-4-10(9)12(13)14/h3-5H,1,6H2,2H3. The molecular weight excluding hydrogens is 262 g/mol. The quantitative estimate of drug-likeness (QED) is 0.481. The number of alkyl halides is 1. The molecule has 0 amide bonds. The van der Waals surface area contributed by atoms with E-state index in [0.717, 1.165) is 0 Å². The van der Waals surface area contributed by atoms with Crippen LogP contribution < -0.4 is 4.74 Å². The molecule has 0 aliphatic rings. The van der Waals surface area contributed by atoms with Crippen LogP contribution in [-0.2, 0) is 0 Å². The van der Waals surface area contributed by atoms with E-state index in [9.17, 15) is 10.1 Å². The molecule has 5 heteroatoms. The number of methoxy groups -OCH3 is 1. The average Bonchev–Trinajstić information content (AvgIpc) is 2.26. The summed E-state index contributed by atoms with van der Waals surface area (Å²) in [5, 5.41) is 11.2. The molecule has 0 bridgehead atoms. The first-order valence-corrected chi connectivity index (χ1v) is 5.28. The Labute approximate surface area is 95.8 Å². The number of benzene rings is 1. The van der Waals surface area contributed by atoms with Crippen molar-refractivity contribution in [1.29, 1.82) is 0 Å². The van der Waals surface area contributed by atoms with Crippen LogP contribution in [0.25, 0.3) is 5.57 Å². The first-order valence-electron chi connectivity index (χ1n) is 4.16. The molecule has 15 heavy (non-hydrogen) atoms. The second kappa shape index (κ2) is 4.93. The van der Waals surface area contributed by atoms with Gasteiger partial charge in [-0.1, -0.05) is 22.5 Å². The predicted octanol–water partition coefficient (Wildman–Crippen LogP) is 3.01. The highest BCUT2D eigenvalue weighted by molar-refractivity contribution is 9.09. The molecule has 1 aromatic rings. The van der Waals surface area contributed by atoms with Crippen LogP contribution in [0, 0.1) is 10.1 Å². The maximum absolute atomic E-state index is 10.8. The summed E-state index contributed by atoms with van der Waals surface area (Å²) in [6.07, 6.45) is 0. The molecule has 0 spiro atoms. The van der Waals surface area contributed by atoms with Crippen LogP contribution in [0.2, 0.25) is 0 Å². The Morgan fingerprint density at radius 3 is 2.80 bits per heavy atom. The van der Waals surface area contributed by atoms with Gasteiger partial charge in [0.15, 0.2) is 0 Å². The van der Waals surface area contributed by atoms with Crippen molar-refractivity contribution in [3.63, 3.8) is 0 Å². The molecule has 1 aromatic carbocycles. The third-order valence-electron chi connectivity index (χ3n) is 1.94. The predicted molar refractivity (Wildman–Crippen MR) is 62.5 cm³/mol. The first kappa shape index (κ1) is 11.7. The number of nitro groups is 1. The van der Waals surface area contributed by atoms with Gasteiger partial charge in [-0.3, -0.25) is 10.1 Å². The van der Waals surface area contributed by atoms with Gasteiger partial charge in [0.1, 0.15) is 5.75 Å². The summed E-state index contributed by atoms with van der Waals surface area (Å²) in [6, 6.07) is 4.59. The Balaban J connectivity index is 3.28. The zero-order valence-corrected chi connectivity index (χ0v) is 9.78. The summed E-state index contributed by atoms with van der Waals surface area (Å²) in [5.74, 6) is 0.581. The van der Waals surface area contributed by atoms with Crippen molar-refractivity contribution in [1.82, 2.24) is 0 Å². The molecule has 0 aliphatic heterocycles. The monoisotopic (exact) mass is 271 g/mol. The molecule has 4 nitrogen and oxygen atoms in total. The summed E-state index contributed by atoms with van der Waals surface area (Å²) in [4.78, 5) is 10.3. The number of nitrogens with zero attached hydrogens (tertiary/aromatic N) is 1. The number of hydrogen-bond donors (Lipinski definition) is 0. The fourth-order valence-corrected chi connectivity index (χ4v) is 1.46. The molecule has 0 N–H and O–H groups in total. The highest BCUT2D eigenvalue weighted by atomic mass is 79.9. The van der Waals surface area contributed by atoms with Crippen LogP contribution in [0.15, 0.2) is 24.8 Å². The average molecular weight is 272 g/mol. The van der Waals surface area contributed by atoms with E-state index >= 15 is 0 Å². The first-order chi connectivity index (χ1) is 7.10. The Kier molecular flexibility index (Phi) is 3.85. The van der Waals surface area contributed by atoms with Gasteiger partial charge >= 0.3 is 0 Å². The maximum Gasteiger partial charge on any atom is 0.277 e. The zero-order valence-electron chi connectivity index (χ0n) is 8.20. The molecule has 0 saturated heterocycles. The Bertz CT molecular complexity index is 404. The molecule has 0 heterocycles. The Morgan fingerprint density at radius 2 is 2.33 bits per heavy atom. The molecular formula is C10H10BrNO3. The van der Waals surface area contributed by atoms with Crippen molar-refractivity contribution in [2.45, 2.75) is 0 Å². The van der Waals surface area contributed by atoms with Crippen LogP contribution in [0.1, 0.15) is 5.56 Å². The fourth-order valence-electron chi connectivity index (χ4n) is 1.16. The van der Waals surface area contributed by atoms with Gasteiger partial charge < -0.3 is 4.74 Å². The molecule has 0 aromatic heterocycles. The highest BCUT2D eigenvalue weighted by Gasteiger charge is 2.16. The highest BCUT2D eigenvalue weighted by Crippen LogP contribution is 2.29. The molecule has 1 rings (SSSR count). The maximum atomic E-state index is 10.8. The number of hydrogen-bond acceptors (Lipinski definition) is 3. The van der Waals surface area contributed by atoms with E-state index in [-0.39, 0.29) is 5.69 Å². The van der Waals surface area contributed by atoms with Crippen LogP contribution in [-0.4, -0.2) is 17.4 Å². The van der Waals surface area contributed by atoms with Gasteiger partial charge in [0.05, 0.1) is 17.6 Å². The third-order valence-corrected chi connectivity index (χ3v) is 2.62. The number of rotatable bonds is 4. The van der Waals surface area contributed by atoms with Gasteiger partial charge in [0, 0.05) is 11.4 Å². The summed E-state index contributed by atoms with van der Waals surface area (Å²) >= 11 is 3.22. The SMILES string of the molecule is C=C(CBr)c1cc(OC)ccc1[N+](=O)[O-]. The number of halogens is 1. The lowest BCUT2D eigenvalue weighted by atomic mass is 10.1. The van der Waals surface area contributed by atoms with E-state index in [1.165, 1.54) is 13.2 Å². The molecule has 80 valence electrons. The molecule has 0 fully saturated rings. The second-order valence-corrected chi connectivity index (χ2v) is 3.44. The number of allylic oxidation sites excluding steroid dienone is 1. The van der Waals surface area contributed by atoms with Crippen LogP contribution in [0.3, 0.4) is 0 Å². The minimum absolute atomic E-state index is 0.0419. The van der Waals surface area contributed by atoms with Crippen molar-refractivity contribution < 1.29 is 9.66 Å². The fraction of sp³-hybridized carbons (Fsp3) is 0.200. The van der Waals surface area contributed by atoms with Crippen LogP contribution in [0.4, 0.5) is 5.69 Å². The van der Waals surface area contributed by atoms with E-state index < -0.39 is 4.92 Å². The van der Waals surface area contributed by atoms with Crippen molar-refractivity contribution in [3.05, 3.63) is 40.5 Å². The number of nitro benzene ring substituents is 1. The largest absolute Gasteiger partial charge is 0.497 e. The van der Waals surface area contributed by atoms with Gasteiger partial charge in [-0.05, 0) is 17.7 Å². The van der Waals surface area contributed by atoms with Crippen molar-refractivity contribution in [3.8, 4) is 5.75 Å². The van der Waals surface area contributed by atoms with E-state index in [0.29, 0.717) is 22.2 Å². The lowest BCUT2D eigenvalue weighted by Crippen LogP contribution is -1.96. The normalized spacial score (nSPS) is 9.73. The van der Waals surface area contributed by atoms with Gasteiger partial charge in [-0.25, -0.2) is 0 Å². The van der Waals surface area contributed by atoms with Crippen molar-refractivity contribution >= 4 is 27.2 Å². The molecule has 0 saturated carbocycles. The zero-order chi connectivity index (χ0) is 11.4. The molecule has 0 unspecified atom stereocenters. The third kappa shape index (κ3) is 2.56. The van der Waals surface area contributed by atoms with Gasteiger partial charge in [-0.2, -0.15) is 0 Å². The lowest BCUT2D eigenvalue weighted by molar-refractivity contribution is -0.385. The lowest BCUT2D eigenvalue weighted by Gasteiger charge is -2.06. The second-order valence-electron chi connectivity index (χ2n) is 2.88. The summed E-state index contributed by atoms with van der Waals surface area (Å²) in [6.45, 7) is 3.76.